The first-order chi connectivity index (χ1) is 8.71. The van der Waals surface area contributed by atoms with Gasteiger partial charge in [0, 0.05) is 12.1 Å². The highest BCUT2D eigenvalue weighted by molar-refractivity contribution is 4.97. The molecule has 0 N–H and O–H groups in total. The second-order valence-electron chi connectivity index (χ2n) is 6.26. The van der Waals surface area contributed by atoms with Crippen LogP contribution in [0.5, 0.6) is 0 Å². The monoisotopic (exact) mass is 253 g/mol. The summed E-state index contributed by atoms with van der Waals surface area (Å²) in [6, 6.07) is 1.74. The lowest BCUT2D eigenvalue weighted by Gasteiger charge is -2.31. The van der Waals surface area contributed by atoms with E-state index >= 15 is 0 Å². The zero-order valence-corrected chi connectivity index (χ0v) is 13.4. The minimum Gasteiger partial charge on any atom is -0.297 e. The van der Waals surface area contributed by atoms with Crippen LogP contribution in [0.1, 0.15) is 79.6 Å². The molecule has 0 saturated carbocycles. The van der Waals surface area contributed by atoms with E-state index in [2.05, 4.69) is 39.5 Å². The molecule has 0 radical (unpaired) electrons. The molecule has 1 aliphatic rings. The van der Waals surface area contributed by atoms with E-state index in [-0.39, 0.29) is 0 Å². The van der Waals surface area contributed by atoms with E-state index in [0.717, 1.165) is 23.9 Å². The standard InChI is InChI=1S/C17H35N/c1-6-10-15-14(5)16(11-7-2)18(13-9-4)17(15)12-8-3/h14-17H,6-13H2,1-5H3. The molecule has 1 rings (SSSR count). The first-order valence-electron chi connectivity index (χ1n) is 8.46. The lowest BCUT2D eigenvalue weighted by molar-refractivity contribution is 0.158. The smallest absolute Gasteiger partial charge is 0.0130 e. The van der Waals surface area contributed by atoms with E-state index in [1.165, 1.54) is 51.5 Å². The summed E-state index contributed by atoms with van der Waals surface area (Å²) in [4.78, 5) is 2.89. The van der Waals surface area contributed by atoms with E-state index in [1.54, 1.807) is 0 Å². The van der Waals surface area contributed by atoms with Gasteiger partial charge in [0.1, 0.15) is 0 Å². The summed E-state index contributed by atoms with van der Waals surface area (Å²) in [6.07, 6.45) is 9.60. The molecule has 0 aromatic carbocycles. The fraction of sp³-hybridized carbons (Fsp3) is 1.00. The average Bonchev–Trinajstić information content (AvgIpc) is 2.58. The molecule has 1 heterocycles. The molecular formula is C17H35N. The molecule has 4 unspecified atom stereocenters. The minimum atomic E-state index is 0.864. The van der Waals surface area contributed by atoms with Crippen LogP contribution in [-0.4, -0.2) is 23.5 Å². The van der Waals surface area contributed by atoms with Crippen LogP contribution in [0, 0.1) is 11.8 Å². The van der Waals surface area contributed by atoms with Gasteiger partial charge >= 0.3 is 0 Å². The summed E-state index contributed by atoms with van der Waals surface area (Å²) in [6.45, 7) is 13.2. The summed E-state index contributed by atoms with van der Waals surface area (Å²) >= 11 is 0. The Kier molecular flexibility index (Phi) is 7.29. The highest BCUT2D eigenvalue weighted by atomic mass is 15.2. The molecule has 0 aromatic heterocycles. The minimum absolute atomic E-state index is 0.864. The Bertz CT molecular complexity index is 192. The molecule has 1 fully saturated rings. The molecule has 108 valence electrons. The van der Waals surface area contributed by atoms with Gasteiger partial charge in [0.05, 0.1) is 0 Å². The van der Waals surface area contributed by atoms with Crippen LogP contribution in [0.4, 0.5) is 0 Å². The second kappa shape index (κ2) is 8.19. The van der Waals surface area contributed by atoms with Gasteiger partial charge in [-0.3, -0.25) is 4.90 Å². The Morgan fingerprint density at radius 3 is 1.78 bits per heavy atom. The normalized spacial score (nSPS) is 33.2. The third-order valence-electron chi connectivity index (χ3n) is 4.90. The van der Waals surface area contributed by atoms with Crippen molar-refractivity contribution < 1.29 is 0 Å². The molecule has 0 amide bonds. The Morgan fingerprint density at radius 1 is 0.722 bits per heavy atom. The molecule has 0 aromatic rings. The van der Waals surface area contributed by atoms with Crippen molar-refractivity contribution in [1.29, 1.82) is 0 Å². The quantitative estimate of drug-likeness (QED) is 0.581. The Morgan fingerprint density at radius 2 is 1.28 bits per heavy atom. The van der Waals surface area contributed by atoms with Gasteiger partial charge in [-0.05, 0) is 44.1 Å². The van der Waals surface area contributed by atoms with Crippen molar-refractivity contribution in [2.45, 2.75) is 91.6 Å². The molecule has 1 nitrogen and oxygen atoms in total. The molecule has 4 atom stereocenters. The maximum atomic E-state index is 2.89. The SMILES string of the molecule is CCCC1C(C)C(CCC)N(CCC)C1CCC. The molecular weight excluding hydrogens is 218 g/mol. The predicted molar refractivity (Wildman–Crippen MR) is 82.0 cm³/mol. The first-order valence-corrected chi connectivity index (χ1v) is 8.46. The van der Waals surface area contributed by atoms with Crippen molar-refractivity contribution in [2.24, 2.45) is 11.8 Å². The van der Waals surface area contributed by atoms with Crippen molar-refractivity contribution >= 4 is 0 Å². The van der Waals surface area contributed by atoms with E-state index in [0.29, 0.717) is 0 Å². The zero-order valence-electron chi connectivity index (χ0n) is 13.4. The highest BCUT2D eigenvalue weighted by Gasteiger charge is 2.43. The summed E-state index contributed by atoms with van der Waals surface area (Å²) in [7, 11) is 0. The Labute approximate surface area is 115 Å². The van der Waals surface area contributed by atoms with Crippen LogP contribution in [-0.2, 0) is 0 Å². The Hall–Kier alpha value is -0.0400. The van der Waals surface area contributed by atoms with E-state index < -0.39 is 0 Å². The Balaban J connectivity index is 2.83. The van der Waals surface area contributed by atoms with Gasteiger partial charge in [-0.2, -0.15) is 0 Å². The average molecular weight is 253 g/mol. The molecule has 0 aliphatic carbocycles. The van der Waals surface area contributed by atoms with Crippen LogP contribution in [0.3, 0.4) is 0 Å². The molecule has 1 saturated heterocycles. The van der Waals surface area contributed by atoms with Crippen LogP contribution >= 0.6 is 0 Å². The fourth-order valence-electron chi connectivity index (χ4n) is 4.21. The summed E-state index contributed by atoms with van der Waals surface area (Å²) in [5, 5.41) is 0. The van der Waals surface area contributed by atoms with Gasteiger partial charge in [0.25, 0.3) is 0 Å². The van der Waals surface area contributed by atoms with E-state index in [9.17, 15) is 0 Å². The van der Waals surface area contributed by atoms with Crippen molar-refractivity contribution in [3.05, 3.63) is 0 Å². The second-order valence-corrected chi connectivity index (χ2v) is 6.26. The van der Waals surface area contributed by atoms with E-state index in [1.807, 2.05) is 0 Å². The maximum absolute atomic E-state index is 2.89. The molecule has 1 aliphatic heterocycles. The van der Waals surface area contributed by atoms with Gasteiger partial charge in [-0.25, -0.2) is 0 Å². The summed E-state index contributed by atoms with van der Waals surface area (Å²) in [5.74, 6) is 1.87. The number of rotatable bonds is 8. The lowest BCUT2D eigenvalue weighted by atomic mass is 9.83. The van der Waals surface area contributed by atoms with Crippen molar-refractivity contribution in [3.8, 4) is 0 Å². The largest absolute Gasteiger partial charge is 0.297 e. The highest BCUT2D eigenvalue weighted by Crippen LogP contribution is 2.41. The lowest BCUT2D eigenvalue weighted by Crippen LogP contribution is -2.38. The van der Waals surface area contributed by atoms with Gasteiger partial charge in [-0.15, -0.1) is 0 Å². The number of hydrogen-bond donors (Lipinski definition) is 0. The van der Waals surface area contributed by atoms with Crippen molar-refractivity contribution in [1.82, 2.24) is 4.90 Å². The molecule has 0 bridgehead atoms. The zero-order chi connectivity index (χ0) is 13.5. The molecule has 0 spiro atoms. The van der Waals surface area contributed by atoms with Crippen LogP contribution in [0.2, 0.25) is 0 Å². The third-order valence-corrected chi connectivity index (χ3v) is 4.90. The van der Waals surface area contributed by atoms with Crippen LogP contribution in [0.25, 0.3) is 0 Å². The van der Waals surface area contributed by atoms with Crippen LogP contribution in [0.15, 0.2) is 0 Å². The van der Waals surface area contributed by atoms with E-state index in [4.69, 9.17) is 0 Å². The topological polar surface area (TPSA) is 3.24 Å². The number of hydrogen-bond acceptors (Lipinski definition) is 1. The van der Waals surface area contributed by atoms with Gasteiger partial charge in [0.2, 0.25) is 0 Å². The third kappa shape index (κ3) is 3.50. The van der Waals surface area contributed by atoms with Gasteiger partial charge in [0.15, 0.2) is 0 Å². The maximum Gasteiger partial charge on any atom is 0.0130 e. The predicted octanol–water partition coefficient (Wildman–Crippen LogP) is 5.10. The fourth-order valence-corrected chi connectivity index (χ4v) is 4.21. The van der Waals surface area contributed by atoms with Crippen molar-refractivity contribution in [2.75, 3.05) is 6.54 Å². The summed E-state index contributed by atoms with van der Waals surface area (Å²) < 4.78 is 0. The number of likely N-dealkylation sites (tertiary alicyclic amines) is 1. The molecule has 18 heavy (non-hydrogen) atoms. The first kappa shape index (κ1) is 16.0. The molecule has 1 heteroatoms. The van der Waals surface area contributed by atoms with Crippen LogP contribution < -0.4 is 0 Å². The van der Waals surface area contributed by atoms with Gasteiger partial charge in [-0.1, -0.05) is 53.9 Å². The van der Waals surface area contributed by atoms with Gasteiger partial charge < -0.3 is 0 Å². The van der Waals surface area contributed by atoms with Crippen molar-refractivity contribution in [3.63, 3.8) is 0 Å². The summed E-state index contributed by atoms with van der Waals surface area (Å²) in [5.41, 5.74) is 0. The number of nitrogens with zero attached hydrogens (tertiary/aromatic N) is 1.